The first kappa shape index (κ1) is 11.5. The Morgan fingerprint density at radius 2 is 1.88 bits per heavy atom. The molecule has 0 radical (unpaired) electrons. The van der Waals surface area contributed by atoms with Crippen LogP contribution >= 0.6 is 0 Å². The van der Waals surface area contributed by atoms with Crippen LogP contribution in [-0.4, -0.2) is 17.3 Å². The fourth-order valence-electron chi connectivity index (χ4n) is 2.06. The van der Waals surface area contributed by atoms with Crippen LogP contribution in [0.1, 0.15) is 37.8 Å². The molecule has 16 heavy (non-hydrogen) atoms. The molecule has 0 saturated heterocycles. The number of rotatable bonds is 3. The van der Waals surface area contributed by atoms with E-state index in [9.17, 15) is 5.11 Å². The largest absolute Gasteiger partial charge is 0.491 e. The van der Waals surface area contributed by atoms with E-state index in [1.807, 2.05) is 6.07 Å². The van der Waals surface area contributed by atoms with Crippen LogP contribution in [0.25, 0.3) is 0 Å². The van der Waals surface area contributed by atoms with Gasteiger partial charge in [0.25, 0.3) is 0 Å². The Morgan fingerprint density at radius 3 is 2.56 bits per heavy atom. The SMILES string of the molecule is CC(C)(O)COc1ccc2c(c1)CCCC2. The number of aliphatic hydroxyl groups is 1. The molecule has 0 unspecified atom stereocenters. The molecule has 1 N–H and O–H groups in total. The third kappa shape index (κ3) is 2.99. The zero-order valence-corrected chi connectivity index (χ0v) is 10.1. The molecule has 88 valence electrons. The van der Waals surface area contributed by atoms with Gasteiger partial charge in [-0.05, 0) is 62.8 Å². The number of fused-ring (bicyclic) bond motifs is 1. The molecule has 0 atom stereocenters. The molecule has 1 aromatic rings. The first-order valence-electron chi connectivity index (χ1n) is 6.02. The Bertz CT molecular complexity index is 363. The van der Waals surface area contributed by atoms with Crippen LogP contribution < -0.4 is 4.74 Å². The van der Waals surface area contributed by atoms with Gasteiger partial charge in [-0.3, -0.25) is 0 Å². The number of benzene rings is 1. The van der Waals surface area contributed by atoms with Crippen molar-refractivity contribution in [3.8, 4) is 5.75 Å². The van der Waals surface area contributed by atoms with Crippen molar-refractivity contribution in [1.82, 2.24) is 0 Å². The molecule has 1 aliphatic rings. The molecule has 2 rings (SSSR count). The maximum Gasteiger partial charge on any atom is 0.119 e. The molecule has 0 fully saturated rings. The average molecular weight is 220 g/mol. The normalized spacial score (nSPS) is 15.7. The molecule has 0 saturated carbocycles. The predicted octanol–water partition coefficient (Wildman–Crippen LogP) is 2.72. The van der Waals surface area contributed by atoms with Crippen LogP contribution in [0.15, 0.2) is 18.2 Å². The van der Waals surface area contributed by atoms with Gasteiger partial charge in [-0.15, -0.1) is 0 Å². The Hall–Kier alpha value is -1.02. The second-order valence-corrected chi connectivity index (χ2v) is 5.24. The van der Waals surface area contributed by atoms with Gasteiger partial charge in [0.1, 0.15) is 12.4 Å². The lowest BCUT2D eigenvalue weighted by Crippen LogP contribution is -2.27. The lowest BCUT2D eigenvalue weighted by atomic mass is 9.92. The molecule has 0 amide bonds. The van der Waals surface area contributed by atoms with Gasteiger partial charge < -0.3 is 9.84 Å². The molecule has 2 heteroatoms. The topological polar surface area (TPSA) is 29.5 Å². The summed E-state index contributed by atoms with van der Waals surface area (Å²) in [7, 11) is 0. The Kier molecular flexibility index (Phi) is 3.20. The summed E-state index contributed by atoms with van der Waals surface area (Å²) in [5.74, 6) is 0.878. The Labute approximate surface area is 97.3 Å². The molecule has 0 spiro atoms. The van der Waals surface area contributed by atoms with Gasteiger partial charge in [-0.25, -0.2) is 0 Å². The highest BCUT2D eigenvalue weighted by atomic mass is 16.5. The summed E-state index contributed by atoms with van der Waals surface area (Å²) >= 11 is 0. The number of hydrogen-bond donors (Lipinski definition) is 1. The smallest absolute Gasteiger partial charge is 0.119 e. The Morgan fingerprint density at radius 1 is 1.19 bits per heavy atom. The van der Waals surface area contributed by atoms with E-state index in [1.165, 1.54) is 30.4 Å². The monoisotopic (exact) mass is 220 g/mol. The van der Waals surface area contributed by atoms with Crippen molar-refractivity contribution in [1.29, 1.82) is 0 Å². The highest BCUT2D eigenvalue weighted by Crippen LogP contribution is 2.25. The van der Waals surface area contributed by atoms with Crippen LogP contribution in [0.2, 0.25) is 0 Å². The van der Waals surface area contributed by atoms with Crippen LogP contribution in [0.3, 0.4) is 0 Å². The lowest BCUT2D eigenvalue weighted by molar-refractivity contribution is 0.0284. The van der Waals surface area contributed by atoms with Crippen LogP contribution in [0, 0.1) is 0 Å². The van der Waals surface area contributed by atoms with E-state index in [4.69, 9.17) is 4.74 Å². The quantitative estimate of drug-likeness (QED) is 0.848. The highest BCUT2D eigenvalue weighted by Gasteiger charge is 2.14. The highest BCUT2D eigenvalue weighted by molar-refractivity contribution is 5.37. The van der Waals surface area contributed by atoms with Gasteiger partial charge in [0.2, 0.25) is 0 Å². The van der Waals surface area contributed by atoms with Gasteiger partial charge in [0.05, 0.1) is 5.60 Å². The fraction of sp³-hybridized carbons (Fsp3) is 0.571. The zero-order chi connectivity index (χ0) is 11.6. The summed E-state index contributed by atoms with van der Waals surface area (Å²) in [6.07, 6.45) is 4.94. The third-order valence-corrected chi connectivity index (χ3v) is 2.91. The molecular formula is C14H20O2. The van der Waals surface area contributed by atoms with E-state index in [0.717, 1.165) is 12.2 Å². The Balaban J connectivity index is 2.06. The van der Waals surface area contributed by atoms with E-state index in [0.29, 0.717) is 6.61 Å². The van der Waals surface area contributed by atoms with E-state index in [-0.39, 0.29) is 0 Å². The van der Waals surface area contributed by atoms with Gasteiger partial charge >= 0.3 is 0 Å². The zero-order valence-electron chi connectivity index (χ0n) is 10.1. The summed E-state index contributed by atoms with van der Waals surface area (Å²) in [5, 5.41) is 9.59. The van der Waals surface area contributed by atoms with Crippen molar-refractivity contribution in [2.75, 3.05) is 6.61 Å². The van der Waals surface area contributed by atoms with Crippen molar-refractivity contribution in [2.45, 2.75) is 45.1 Å². The molecule has 0 aromatic heterocycles. The van der Waals surface area contributed by atoms with Crippen LogP contribution in [-0.2, 0) is 12.8 Å². The van der Waals surface area contributed by atoms with Crippen molar-refractivity contribution in [3.63, 3.8) is 0 Å². The second-order valence-electron chi connectivity index (χ2n) is 5.24. The third-order valence-electron chi connectivity index (χ3n) is 2.91. The van der Waals surface area contributed by atoms with Gasteiger partial charge in [0.15, 0.2) is 0 Å². The summed E-state index contributed by atoms with van der Waals surface area (Å²) in [6, 6.07) is 6.30. The second kappa shape index (κ2) is 4.46. The molecule has 0 aliphatic heterocycles. The molecule has 2 nitrogen and oxygen atoms in total. The first-order valence-corrected chi connectivity index (χ1v) is 6.02. The first-order chi connectivity index (χ1) is 7.54. The van der Waals surface area contributed by atoms with E-state index >= 15 is 0 Å². The molecular weight excluding hydrogens is 200 g/mol. The van der Waals surface area contributed by atoms with E-state index in [2.05, 4.69) is 12.1 Å². The van der Waals surface area contributed by atoms with Crippen molar-refractivity contribution >= 4 is 0 Å². The lowest BCUT2D eigenvalue weighted by Gasteiger charge is -2.20. The van der Waals surface area contributed by atoms with Gasteiger partial charge in [0, 0.05) is 0 Å². The summed E-state index contributed by atoms with van der Waals surface area (Å²) in [4.78, 5) is 0. The number of aryl methyl sites for hydroxylation is 2. The summed E-state index contributed by atoms with van der Waals surface area (Å²) in [6.45, 7) is 3.85. The molecule has 0 bridgehead atoms. The van der Waals surface area contributed by atoms with E-state index < -0.39 is 5.60 Å². The minimum absolute atomic E-state index is 0.339. The minimum Gasteiger partial charge on any atom is -0.491 e. The van der Waals surface area contributed by atoms with Crippen molar-refractivity contribution < 1.29 is 9.84 Å². The van der Waals surface area contributed by atoms with Gasteiger partial charge in [-0.1, -0.05) is 6.07 Å². The van der Waals surface area contributed by atoms with Crippen molar-refractivity contribution in [3.05, 3.63) is 29.3 Å². The predicted molar refractivity (Wildman–Crippen MR) is 64.9 cm³/mol. The minimum atomic E-state index is -0.768. The summed E-state index contributed by atoms with van der Waals surface area (Å²) in [5.41, 5.74) is 2.11. The fourth-order valence-corrected chi connectivity index (χ4v) is 2.06. The van der Waals surface area contributed by atoms with Crippen LogP contribution in [0.5, 0.6) is 5.75 Å². The molecule has 0 heterocycles. The molecule has 1 aromatic carbocycles. The number of ether oxygens (including phenoxy) is 1. The number of hydrogen-bond acceptors (Lipinski definition) is 2. The summed E-state index contributed by atoms with van der Waals surface area (Å²) < 4.78 is 5.59. The van der Waals surface area contributed by atoms with Crippen LogP contribution in [0.4, 0.5) is 0 Å². The standard InChI is InChI=1S/C14H20O2/c1-14(2,15)10-16-13-8-7-11-5-3-4-6-12(11)9-13/h7-9,15H,3-6,10H2,1-2H3. The molecule has 1 aliphatic carbocycles. The average Bonchev–Trinajstić information content (AvgIpc) is 2.25. The maximum atomic E-state index is 9.59. The maximum absolute atomic E-state index is 9.59. The van der Waals surface area contributed by atoms with E-state index in [1.54, 1.807) is 13.8 Å². The van der Waals surface area contributed by atoms with Crippen molar-refractivity contribution in [2.24, 2.45) is 0 Å². The van der Waals surface area contributed by atoms with Gasteiger partial charge in [-0.2, -0.15) is 0 Å².